The molecule has 4 aliphatic rings. The van der Waals surface area contributed by atoms with Crippen molar-refractivity contribution in [1.82, 2.24) is 5.32 Å². The van der Waals surface area contributed by atoms with Gasteiger partial charge in [0.25, 0.3) is 5.91 Å². The summed E-state index contributed by atoms with van der Waals surface area (Å²) in [6.45, 7) is -0.319. The van der Waals surface area contributed by atoms with E-state index in [2.05, 4.69) is 5.32 Å². The molecule has 0 radical (unpaired) electrons. The molecule has 6 nitrogen and oxygen atoms in total. The SMILES string of the molecule is O=C(COc1ccc(F)c(F)c1)NC12CC(CC(=O)[C@@H]3CC(=O)c4cc(Cl)ccc4O3)(C1)C2. The largest absolute Gasteiger partial charge is 0.484 e. The van der Waals surface area contributed by atoms with Crippen molar-refractivity contribution in [1.29, 1.82) is 0 Å². The van der Waals surface area contributed by atoms with Gasteiger partial charge in [0.15, 0.2) is 35.9 Å². The van der Waals surface area contributed by atoms with E-state index in [0.717, 1.165) is 12.1 Å². The Kier molecular flexibility index (Phi) is 5.16. The average Bonchev–Trinajstić information content (AvgIpc) is 2.72. The van der Waals surface area contributed by atoms with Gasteiger partial charge < -0.3 is 14.8 Å². The van der Waals surface area contributed by atoms with Gasteiger partial charge in [-0.3, -0.25) is 14.4 Å². The number of ketones is 2. The molecule has 1 amide bonds. The standard InChI is InChI=1S/C24H20ClF2NO5/c25-13-1-4-20-15(5-13)18(29)7-21(33-20)19(30)8-23-10-24(11-23,12-23)28-22(31)9-32-14-2-3-16(26)17(27)6-14/h1-6,21H,7-12H2,(H,28,31)/t21-,23?,24?/m0/s1. The van der Waals surface area contributed by atoms with E-state index in [9.17, 15) is 23.2 Å². The first-order valence-electron chi connectivity index (χ1n) is 10.6. The van der Waals surface area contributed by atoms with Crippen molar-refractivity contribution >= 4 is 29.1 Å². The second-order valence-corrected chi connectivity index (χ2v) is 9.68. The van der Waals surface area contributed by atoms with E-state index >= 15 is 0 Å². The lowest BCUT2D eigenvalue weighted by Gasteiger charge is -2.70. The zero-order chi connectivity index (χ0) is 23.4. The molecule has 33 heavy (non-hydrogen) atoms. The van der Waals surface area contributed by atoms with Crippen LogP contribution in [0.15, 0.2) is 36.4 Å². The van der Waals surface area contributed by atoms with Gasteiger partial charge in [0.1, 0.15) is 11.5 Å². The van der Waals surface area contributed by atoms with Gasteiger partial charge in [0.05, 0.1) is 12.0 Å². The normalized spacial score (nSPS) is 26.9. The van der Waals surface area contributed by atoms with Crippen molar-refractivity contribution in [3.63, 3.8) is 0 Å². The van der Waals surface area contributed by atoms with Gasteiger partial charge in [-0.25, -0.2) is 8.78 Å². The lowest BCUT2D eigenvalue weighted by molar-refractivity contribution is -0.175. The van der Waals surface area contributed by atoms with Gasteiger partial charge in [-0.1, -0.05) is 11.6 Å². The number of Topliss-reactive ketones (excluding diaryl/α,β-unsaturated/α-hetero) is 2. The Bertz CT molecular complexity index is 1160. The van der Waals surface area contributed by atoms with Crippen LogP contribution in [0, 0.1) is 17.0 Å². The fraction of sp³-hybridized carbons (Fsp3) is 0.375. The lowest BCUT2D eigenvalue weighted by atomic mass is 9.38. The smallest absolute Gasteiger partial charge is 0.258 e. The molecule has 9 heteroatoms. The lowest BCUT2D eigenvalue weighted by Crippen LogP contribution is -2.75. The summed E-state index contributed by atoms with van der Waals surface area (Å²) in [5.74, 6) is -2.25. The number of carbonyl (C=O) groups is 3. The minimum absolute atomic E-state index is 0.00848. The molecule has 2 aromatic rings. The third-order valence-corrected chi connectivity index (χ3v) is 6.83. The van der Waals surface area contributed by atoms with Crippen LogP contribution < -0.4 is 14.8 Å². The molecule has 2 aromatic carbocycles. The molecule has 0 spiro atoms. The predicted molar refractivity (Wildman–Crippen MR) is 113 cm³/mol. The molecular weight excluding hydrogens is 456 g/mol. The maximum Gasteiger partial charge on any atom is 0.258 e. The van der Waals surface area contributed by atoms with Crippen LogP contribution in [0.2, 0.25) is 5.02 Å². The number of hydrogen-bond acceptors (Lipinski definition) is 5. The zero-order valence-electron chi connectivity index (χ0n) is 17.5. The first kappa shape index (κ1) is 21.8. The highest BCUT2D eigenvalue weighted by atomic mass is 35.5. The molecule has 0 unspecified atom stereocenters. The summed E-state index contributed by atoms with van der Waals surface area (Å²) in [4.78, 5) is 37.4. The maximum absolute atomic E-state index is 13.2. The van der Waals surface area contributed by atoms with Crippen LogP contribution in [0.4, 0.5) is 8.78 Å². The van der Waals surface area contributed by atoms with E-state index in [1.54, 1.807) is 18.2 Å². The summed E-state index contributed by atoms with van der Waals surface area (Å²) in [7, 11) is 0. The topological polar surface area (TPSA) is 81.7 Å². The fourth-order valence-electron chi connectivity index (χ4n) is 5.32. The van der Waals surface area contributed by atoms with Crippen molar-refractivity contribution in [3.8, 4) is 11.5 Å². The maximum atomic E-state index is 13.2. The molecule has 1 atom stereocenters. The molecule has 2 bridgehead atoms. The second kappa shape index (κ2) is 7.80. The van der Waals surface area contributed by atoms with Crippen molar-refractivity contribution < 1.29 is 32.6 Å². The number of fused-ring (bicyclic) bond motifs is 1. The number of ether oxygens (including phenoxy) is 2. The molecular formula is C24H20ClF2NO5. The van der Waals surface area contributed by atoms with Crippen LogP contribution in [0.5, 0.6) is 11.5 Å². The van der Waals surface area contributed by atoms with E-state index in [0.29, 0.717) is 35.6 Å². The number of benzene rings is 2. The van der Waals surface area contributed by atoms with Gasteiger partial charge in [-0.2, -0.15) is 0 Å². The molecule has 3 aliphatic carbocycles. The van der Waals surface area contributed by atoms with Crippen molar-refractivity contribution in [3.05, 3.63) is 58.6 Å². The summed E-state index contributed by atoms with van der Waals surface area (Å²) < 4.78 is 37.2. The molecule has 3 fully saturated rings. The zero-order valence-corrected chi connectivity index (χ0v) is 18.2. The van der Waals surface area contributed by atoms with Crippen LogP contribution in [0.3, 0.4) is 0 Å². The number of carbonyl (C=O) groups excluding carboxylic acids is 3. The Morgan fingerprint density at radius 3 is 2.61 bits per heavy atom. The predicted octanol–water partition coefficient (Wildman–Crippen LogP) is 4.03. The van der Waals surface area contributed by atoms with Gasteiger partial charge >= 0.3 is 0 Å². The van der Waals surface area contributed by atoms with E-state index in [4.69, 9.17) is 21.1 Å². The summed E-state index contributed by atoms with van der Waals surface area (Å²) in [6, 6.07) is 7.83. The monoisotopic (exact) mass is 475 g/mol. The molecule has 3 saturated carbocycles. The fourth-order valence-corrected chi connectivity index (χ4v) is 5.50. The summed E-state index contributed by atoms with van der Waals surface area (Å²) in [5.41, 5.74) is -0.149. The Labute approximate surface area is 193 Å². The quantitative estimate of drug-likeness (QED) is 0.654. The molecule has 0 aromatic heterocycles. The van der Waals surface area contributed by atoms with Crippen LogP contribution in [0.1, 0.15) is 42.5 Å². The molecule has 0 saturated heterocycles. The Balaban J connectivity index is 1.10. The second-order valence-electron chi connectivity index (χ2n) is 9.24. The highest BCUT2D eigenvalue weighted by Crippen LogP contribution is 2.69. The summed E-state index contributed by atoms with van der Waals surface area (Å²) in [5, 5.41) is 3.35. The van der Waals surface area contributed by atoms with Crippen LogP contribution in [0.25, 0.3) is 0 Å². The van der Waals surface area contributed by atoms with Gasteiger partial charge in [-0.15, -0.1) is 0 Å². The number of nitrogens with one attached hydrogen (secondary N) is 1. The number of hydrogen-bond donors (Lipinski definition) is 1. The van der Waals surface area contributed by atoms with Crippen molar-refractivity contribution in [2.75, 3.05) is 6.61 Å². The van der Waals surface area contributed by atoms with Gasteiger partial charge in [-0.05, 0) is 55.0 Å². The molecule has 6 rings (SSSR count). The Hall–Kier alpha value is -3.00. The van der Waals surface area contributed by atoms with Gasteiger partial charge in [0.2, 0.25) is 0 Å². The highest BCUT2D eigenvalue weighted by Gasteiger charge is 2.68. The number of rotatable bonds is 7. The summed E-state index contributed by atoms with van der Waals surface area (Å²) >= 11 is 5.93. The molecule has 1 N–H and O–H groups in total. The van der Waals surface area contributed by atoms with Crippen LogP contribution in [-0.4, -0.2) is 35.7 Å². The van der Waals surface area contributed by atoms with Crippen molar-refractivity contribution in [2.45, 2.75) is 43.7 Å². The molecule has 1 heterocycles. The first-order chi connectivity index (χ1) is 15.7. The minimum Gasteiger partial charge on any atom is -0.484 e. The Morgan fingerprint density at radius 1 is 1.12 bits per heavy atom. The first-order valence-corrected chi connectivity index (χ1v) is 10.9. The van der Waals surface area contributed by atoms with E-state index in [-0.39, 0.29) is 53.6 Å². The van der Waals surface area contributed by atoms with E-state index in [1.807, 2.05) is 0 Å². The third kappa shape index (κ3) is 4.08. The summed E-state index contributed by atoms with van der Waals surface area (Å²) in [6.07, 6.45) is 1.46. The van der Waals surface area contributed by atoms with Crippen molar-refractivity contribution in [2.24, 2.45) is 5.41 Å². The number of amides is 1. The van der Waals surface area contributed by atoms with Crippen LogP contribution >= 0.6 is 11.6 Å². The average molecular weight is 476 g/mol. The Morgan fingerprint density at radius 2 is 1.88 bits per heavy atom. The van der Waals surface area contributed by atoms with Crippen LogP contribution in [-0.2, 0) is 9.59 Å². The van der Waals surface area contributed by atoms with E-state index in [1.165, 1.54) is 6.07 Å². The van der Waals surface area contributed by atoms with Gasteiger partial charge in [0, 0.05) is 23.0 Å². The third-order valence-electron chi connectivity index (χ3n) is 6.60. The number of halogens is 3. The highest BCUT2D eigenvalue weighted by molar-refractivity contribution is 6.31. The molecule has 172 valence electrons. The minimum atomic E-state index is -1.05. The molecule has 1 aliphatic heterocycles. The van der Waals surface area contributed by atoms with E-state index < -0.39 is 17.7 Å².